The largest absolute Gasteiger partial charge is 0.497 e. The second kappa shape index (κ2) is 7.69. The Bertz CT molecular complexity index is 921. The van der Waals surface area contributed by atoms with Crippen molar-refractivity contribution in [2.45, 2.75) is 13.8 Å². The molecule has 7 heteroatoms. The summed E-state index contributed by atoms with van der Waals surface area (Å²) in [5.74, 6) is 1.14. The van der Waals surface area contributed by atoms with E-state index in [0.29, 0.717) is 23.6 Å². The minimum atomic E-state index is -0.350. The average Bonchev–Trinajstić information content (AvgIpc) is 3.10. The highest BCUT2D eigenvalue weighted by Gasteiger charge is 2.19. The number of benzene rings is 2. The maximum Gasteiger partial charge on any atom is 0.260 e. The molecule has 0 saturated carbocycles. The number of rotatable bonds is 6. The number of aryl methyl sites for hydroxylation is 1. The lowest BCUT2D eigenvalue weighted by molar-refractivity contribution is 0.102. The molecule has 1 aromatic heterocycles. The van der Waals surface area contributed by atoms with E-state index in [1.165, 1.54) is 0 Å². The molecule has 0 saturated heterocycles. The fourth-order valence-electron chi connectivity index (χ4n) is 2.59. The molecule has 2 aromatic carbocycles. The molecule has 0 spiro atoms. The average molecular weight is 353 g/mol. The number of hydrogen-bond acceptors (Lipinski definition) is 6. The molecule has 3 rings (SSSR count). The number of hydrogen-bond donors (Lipinski definition) is 1. The van der Waals surface area contributed by atoms with E-state index < -0.39 is 0 Å². The summed E-state index contributed by atoms with van der Waals surface area (Å²) in [4.78, 5) is 12.7. The van der Waals surface area contributed by atoms with E-state index in [9.17, 15) is 4.79 Å². The predicted molar refractivity (Wildman–Crippen MR) is 96.6 cm³/mol. The Labute approximate surface area is 150 Å². The van der Waals surface area contributed by atoms with Gasteiger partial charge in [-0.2, -0.15) is 0 Å². The molecule has 134 valence electrons. The molecule has 3 aromatic rings. The first-order chi connectivity index (χ1) is 12.6. The third kappa shape index (κ3) is 3.51. The van der Waals surface area contributed by atoms with Gasteiger partial charge in [-0.25, -0.2) is 4.63 Å². The zero-order chi connectivity index (χ0) is 18.5. The Morgan fingerprint density at radius 1 is 1.19 bits per heavy atom. The summed E-state index contributed by atoms with van der Waals surface area (Å²) in [5, 5.41) is 10.5. The van der Waals surface area contributed by atoms with Gasteiger partial charge in [0.05, 0.1) is 19.3 Å². The molecule has 0 fully saturated rings. The third-order valence-electron chi connectivity index (χ3n) is 3.84. The topological polar surface area (TPSA) is 86.5 Å². The van der Waals surface area contributed by atoms with Crippen LogP contribution in [0.4, 0.5) is 5.82 Å². The van der Waals surface area contributed by atoms with Gasteiger partial charge in [0.15, 0.2) is 5.69 Å². The van der Waals surface area contributed by atoms with Gasteiger partial charge in [0, 0.05) is 5.56 Å². The first kappa shape index (κ1) is 17.5. The van der Waals surface area contributed by atoms with Gasteiger partial charge in [-0.1, -0.05) is 12.1 Å². The third-order valence-corrected chi connectivity index (χ3v) is 3.84. The van der Waals surface area contributed by atoms with Crippen molar-refractivity contribution >= 4 is 11.7 Å². The fraction of sp³-hybridized carbons (Fsp3) is 0.211. The van der Waals surface area contributed by atoms with E-state index in [0.717, 1.165) is 16.9 Å². The van der Waals surface area contributed by atoms with E-state index in [-0.39, 0.29) is 11.7 Å². The van der Waals surface area contributed by atoms with E-state index in [1.807, 2.05) is 38.1 Å². The molecule has 1 amide bonds. The lowest BCUT2D eigenvalue weighted by Gasteiger charge is -2.10. The Kier molecular flexibility index (Phi) is 5.17. The number of amides is 1. The van der Waals surface area contributed by atoms with Crippen LogP contribution in [0.3, 0.4) is 0 Å². The molecule has 0 aliphatic carbocycles. The molecule has 7 nitrogen and oxygen atoms in total. The van der Waals surface area contributed by atoms with Crippen LogP contribution in [0.1, 0.15) is 22.8 Å². The van der Waals surface area contributed by atoms with Crippen molar-refractivity contribution in [2.24, 2.45) is 0 Å². The van der Waals surface area contributed by atoms with Gasteiger partial charge < -0.3 is 14.8 Å². The van der Waals surface area contributed by atoms with Gasteiger partial charge in [0.2, 0.25) is 5.82 Å². The molecule has 26 heavy (non-hydrogen) atoms. The first-order valence-electron chi connectivity index (χ1n) is 8.14. The number of carbonyl (C=O) groups is 1. The van der Waals surface area contributed by atoms with Crippen molar-refractivity contribution in [3.05, 3.63) is 53.6 Å². The van der Waals surface area contributed by atoms with Gasteiger partial charge in [0.25, 0.3) is 5.91 Å². The van der Waals surface area contributed by atoms with Crippen LogP contribution in [0.25, 0.3) is 11.3 Å². The molecule has 0 aliphatic rings. The minimum absolute atomic E-state index is 0.245. The molecule has 1 N–H and O–H groups in total. The highest BCUT2D eigenvalue weighted by atomic mass is 16.6. The summed E-state index contributed by atoms with van der Waals surface area (Å²) < 4.78 is 15.6. The van der Waals surface area contributed by atoms with E-state index in [1.54, 1.807) is 25.3 Å². The second-order valence-corrected chi connectivity index (χ2v) is 5.53. The van der Waals surface area contributed by atoms with Gasteiger partial charge in [0.1, 0.15) is 11.5 Å². The van der Waals surface area contributed by atoms with E-state index in [4.69, 9.17) is 14.1 Å². The molecule has 0 unspecified atom stereocenters. The number of nitrogens with one attached hydrogen (secondary N) is 1. The summed E-state index contributed by atoms with van der Waals surface area (Å²) in [7, 11) is 1.60. The van der Waals surface area contributed by atoms with E-state index >= 15 is 0 Å². The lowest BCUT2D eigenvalue weighted by atomic mass is 10.1. The van der Waals surface area contributed by atoms with Crippen LogP contribution in [-0.4, -0.2) is 29.9 Å². The SMILES string of the molecule is CCOc1ccccc1C(=O)Nc1nonc1-c1ccc(OC)cc1C. The second-order valence-electron chi connectivity index (χ2n) is 5.53. The summed E-state index contributed by atoms with van der Waals surface area (Å²) in [5.41, 5.74) is 2.58. The maximum absolute atomic E-state index is 12.7. The molecule has 0 aliphatic heterocycles. The molecular weight excluding hydrogens is 334 g/mol. The number of carbonyl (C=O) groups excluding carboxylic acids is 1. The van der Waals surface area contributed by atoms with E-state index in [2.05, 4.69) is 15.6 Å². The van der Waals surface area contributed by atoms with Crippen LogP contribution in [0.2, 0.25) is 0 Å². The Morgan fingerprint density at radius 2 is 2.00 bits per heavy atom. The van der Waals surface area contributed by atoms with Gasteiger partial charge >= 0.3 is 0 Å². The predicted octanol–water partition coefficient (Wildman–Crippen LogP) is 3.70. The molecule has 1 heterocycles. The van der Waals surface area contributed by atoms with Gasteiger partial charge in [-0.3, -0.25) is 4.79 Å². The van der Waals surface area contributed by atoms with Crippen molar-refractivity contribution in [1.82, 2.24) is 10.3 Å². The highest BCUT2D eigenvalue weighted by molar-refractivity contribution is 6.07. The Morgan fingerprint density at radius 3 is 2.73 bits per heavy atom. The first-order valence-corrected chi connectivity index (χ1v) is 8.14. The van der Waals surface area contributed by atoms with Crippen LogP contribution >= 0.6 is 0 Å². The summed E-state index contributed by atoms with van der Waals surface area (Å²) in [6.45, 7) is 4.25. The summed E-state index contributed by atoms with van der Waals surface area (Å²) in [6.07, 6.45) is 0. The Hall–Kier alpha value is -3.35. The van der Waals surface area contributed by atoms with Crippen molar-refractivity contribution < 1.29 is 18.9 Å². The molecule has 0 atom stereocenters. The standard InChI is InChI=1S/C19H19N3O4/c1-4-25-16-8-6-5-7-15(16)19(23)20-18-17(21-26-22-18)14-10-9-13(24-3)11-12(14)2/h5-11H,4H2,1-3H3,(H,20,22,23). The summed E-state index contributed by atoms with van der Waals surface area (Å²) >= 11 is 0. The van der Waals surface area contributed by atoms with Crippen LogP contribution in [0.5, 0.6) is 11.5 Å². The van der Waals surface area contributed by atoms with Crippen LogP contribution < -0.4 is 14.8 Å². The van der Waals surface area contributed by atoms with Crippen molar-refractivity contribution in [2.75, 3.05) is 19.0 Å². The van der Waals surface area contributed by atoms with Crippen molar-refractivity contribution in [3.63, 3.8) is 0 Å². The lowest BCUT2D eigenvalue weighted by Crippen LogP contribution is -2.14. The highest BCUT2D eigenvalue weighted by Crippen LogP contribution is 2.30. The zero-order valence-corrected chi connectivity index (χ0v) is 14.8. The number of anilines is 1. The summed E-state index contributed by atoms with van der Waals surface area (Å²) in [6, 6.07) is 12.5. The number of para-hydroxylation sites is 1. The Balaban J connectivity index is 1.89. The van der Waals surface area contributed by atoms with Crippen molar-refractivity contribution in [3.8, 4) is 22.8 Å². The molecule has 0 radical (unpaired) electrons. The van der Waals surface area contributed by atoms with Gasteiger partial charge in [-0.05, 0) is 60.1 Å². The minimum Gasteiger partial charge on any atom is -0.497 e. The zero-order valence-electron chi connectivity index (χ0n) is 14.8. The molecular formula is C19H19N3O4. The maximum atomic E-state index is 12.7. The fourth-order valence-corrected chi connectivity index (χ4v) is 2.59. The quantitative estimate of drug-likeness (QED) is 0.727. The smallest absolute Gasteiger partial charge is 0.260 e. The van der Waals surface area contributed by atoms with Gasteiger partial charge in [-0.15, -0.1) is 0 Å². The van der Waals surface area contributed by atoms with Crippen molar-refractivity contribution in [1.29, 1.82) is 0 Å². The van der Waals surface area contributed by atoms with Crippen LogP contribution in [-0.2, 0) is 0 Å². The van der Waals surface area contributed by atoms with Crippen LogP contribution in [0, 0.1) is 6.92 Å². The number of methoxy groups -OCH3 is 1. The van der Waals surface area contributed by atoms with Crippen LogP contribution in [0.15, 0.2) is 47.1 Å². The normalized spacial score (nSPS) is 10.4. The number of nitrogens with zero attached hydrogens (tertiary/aromatic N) is 2. The number of aromatic nitrogens is 2. The monoisotopic (exact) mass is 353 g/mol. The molecule has 0 bridgehead atoms. The number of ether oxygens (including phenoxy) is 2.